The Bertz CT molecular complexity index is 369. The molecule has 16 heavy (non-hydrogen) atoms. The molecule has 0 atom stereocenters. The quantitative estimate of drug-likeness (QED) is 0.615. The lowest BCUT2D eigenvalue weighted by Gasteiger charge is -2.08. The van der Waals surface area contributed by atoms with Gasteiger partial charge in [-0.3, -0.25) is 4.79 Å². The third-order valence-corrected chi connectivity index (χ3v) is 2.20. The van der Waals surface area contributed by atoms with Crippen molar-refractivity contribution in [1.29, 1.82) is 0 Å². The number of nitrogen functional groups attached to an aromatic ring is 1. The number of nitrogens with two attached hydrogens (primary N) is 1. The van der Waals surface area contributed by atoms with Crippen LogP contribution in [-0.4, -0.2) is 19.1 Å². The van der Waals surface area contributed by atoms with Gasteiger partial charge < -0.3 is 15.8 Å². The van der Waals surface area contributed by atoms with E-state index in [9.17, 15) is 4.79 Å². The number of hydrogen-bond donors (Lipinski definition) is 2. The summed E-state index contributed by atoms with van der Waals surface area (Å²) in [5.74, 6) is -0.137. The maximum atomic E-state index is 11.5. The molecule has 5 heteroatoms. The minimum absolute atomic E-state index is 0.137. The van der Waals surface area contributed by atoms with Gasteiger partial charge in [-0.25, -0.2) is 0 Å². The van der Waals surface area contributed by atoms with Gasteiger partial charge >= 0.3 is 0 Å². The Balaban J connectivity index is 2.52. The van der Waals surface area contributed by atoms with E-state index in [4.69, 9.17) is 22.1 Å². The first-order valence-electron chi connectivity index (χ1n) is 5.06. The number of nitrogens with one attached hydrogen (secondary N) is 1. The maximum absolute atomic E-state index is 11.5. The average Bonchev–Trinajstić information content (AvgIpc) is 2.24. The molecule has 88 valence electrons. The van der Waals surface area contributed by atoms with Gasteiger partial charge in [-0.05, 0) is 25.1 Å². The highest BCUT2D eigenvalue weighted by atomic mass is 35.5. The predicted octanol–water partition coefficient (Wildman–Crippen LogP) is 2.29. The van der Waals surface area contributed by atoms with Crippen molar-refractivity contribution < 1.29 is 9.53 Å². The zero-order valence-corrected chi connectivity index (χ0v) is 9.88. The molecule has 0 saturated heterocycles. The van der Waals surface area contributed by atoms with Crippen molar-refractivity contribution in [3.8, 4) is 0 Å². The van der Waals surface area contributed by atoms with Crippen LogP contribution in [0, 0.1) is 0 Å². The fraction of sp³-hybridized carbons (Fsp3) is 0.364. The van der Waals surface area contributed by atoms with E-state index in [2.05, 4.69) is 5.32 Å². The van der Waals surface area contributed by atoms with Crippen molar-refractivity contribution >= 4 is 28.9 Å². The van der Waals surface area contributed by atoms with Gasteiger partial charge in [0.2, 0.25) is 5.91 Å². The molecular weight excluding hydrogens is 228 g/mol. The highest BCUT2D eigenvalue weighted by molar-refractivity contribution is 6.31. The molecule has 0 saturated carbocycles. The summed E-state index contributed by atoms with van der Waals surface area (Å²) in [4.78, 5) is 11.5. The molecule has 1 aromatic carbocycles. The summed E-state index contributed by atoms with van der Waals surface area (Å²) in [6, 6.07) is 4.95. The first-order chi connectivity index (χ1) is 7.63. The van der Waals surface area contributed by atoms with Gasteiger partial charge in [-0.1, -0.05) is 11.6 Å². The molecule has 3 N–H and O–H groups in total. The lowest BCUT2D eigenvalue weighted by atomic mass is 10.2. The maximum Gasteiger partial charge on any atom is 0.226 e. The molecule has 0 bridgehead atoms. The molecule has 0 aliphatic carbocycles. The Morgan fingerprint density at radius 1 is 1.56 bits per heavy atom. The minimum atomic E-state index is -0.137. The van der Waals surface area contributed by atoms with Crippen molar-refractivity contribution in [2.75, 3.05) is 24.3 Å². The third-order valence-electron chi connectivity index (χ3n) is 1.97. The molecule has 0 radical (unpaired) electrons. The van der Waals surface area contributed by atoms with Crippen molar-refractivity contribution in [3.05, 3.63) is 23.2 Å². The molecule has 0 aliphatic heterocycles. The number of benzene rings is 1. The lowest BCUT2D eigenvalue weighted by molar-refractivity contribution is -0.117. The summed E-state index contributed by atoms with van der Waals surface area (Å²) in [7, 11) is 0. The molecule has 0 fully saturated rings. The molecule has 0 heterocycles. The lowest BCUT2D eigenvalue weighted by Crippen LogP contribution is -2.15. The zero-order chi connectivity index (χ0) is 12.0. The number of amides is 1. The Hall–Kier alpha value is -1.26. The Morgan fingerprint density at radius 3 is 3.00 bits per heavy atom. The normalized spacial score (nSPS) is 10.1. The standard InChI is InChI=1S/C11H15ClN2O2/c1-2-16-6-5-11(15)14-10-7-8(12)3-4-9(10)13/h3-4,7H,2,5-6,13H2,1H3,(H,14,15). The van der Waals surface area contributed by atoms with Gasteiger partial charge in [0.1, 0.15) is 0 Å². The van der Waals surface area contributed by atoms with E-state index in [1.807, 2.05) is 6.92 Å². The van der Waals surface area contributed by atoms with Gasteiger partial charge in [0.15, 0.2) is 0 Å². The second-order valence-corrected chi connectivity index (χ2v) is 3.66. The van der Waals surface area contributed by atoms with Crippen LogP contribution >= 0.6 is 11.6 Å². The van der Waals surface area contributed by atoms with Gasteiger partial charge in [0.25, 0.3) is 0 Å². The fourth-order valence-corrected chi connectivity index (χ4v) is 1.33. The SMILES string of the molecule is CCOCCC(=O)Nc1cc(Cl)ccc1N. The average molecular weight is 243 g/mol. The highest BCUT2D eigenvalue weighted by Gasteiger charge is 2.05. The zero-order valence-electron chi connectivity index (χ0n) is 9.13. The van der Waals surface area contributed by atoms with Crippen LogP contribution in [0.2, 0.25) is 5.02 Å². The van der Waals surface area contributed by atoms with Crippen LogP contribution < -0.4 is 11.1 Å². The van der Waals surface area contributed by atoms with Gasteiger partial charge in [-0.2, -0.15) is 0 Å². The molecule has 1 aromatic rings. The van der Waals surface area contributed by atoms with E-state index in [1.54, 1.807) is 18.2 Å². The van der Waals surface area contributed by atoms with Crippen molar-refractivity contribution in [1.82, 2.24) is 0 Å². The molecule has 0 aromatic heterocycles. The van der Waals surface area contributed by atoms with Crippen LogP contribution in [-0.2, 0) is 9.53 Å². The van der Waals surface area contributed by atoms with E-state index in [0.717, 1.165) is 0 Å². The van der Waals surface area contributed by atoms with E-state index >= 15 is 0 Å². The number of ether oxygens (including phenoxy) is 1. The largest absolute Gasteiger partial charge is 0.397 e. The number of carbonyl (C=O) groups is 1. The van der Waals surface area contributed by atoms with Gasteiger partial charge in [0, 0.05) is 11.6 Å². The number of rotatable bonds is 5. The van der Waals surface area contributed by atoms with Crippen LogP contribution in [0.3, 0.4) is 0 Å². The van der Waals surface area contributed by atoms with Crippen LogP contribution in [0.15, 0.2) is 18.2 Å². The first kappa shape index (κ1) is 12.8. The Kier molecular flexibility index (Phi) is 5.08. The third kappa shape index (κ3) is 4.08. The van der Waals surface area contributed by atoms with E-state index in [-0.39, 0.29) is 5.91 Å². The van der Waals surface area contributed by atoms with Gasteiger partial charge in [0.05, 0.1) is 24.4 Å². The number of hydrogen-bond acceptors (Lipinski definition) is 3. The molecule has 0 spiro atoms. The van der Waals surface area contributed by atoms with Crippen LogP contribution in [0.5, 0.6) is 0 Å². The van der Waals surface area contributed by atoms with E-state index in [0.29, 0.717) is 36.0 Å². The van der Waals surface area contributed by atoms with Crippen molar-refractivity contribution in [3.63, 3.8) is 0 Å². The highest BCUT2D eigenvalue weighted by Crippen LogP contribution is 2.22. The fourth-order valence-electron chi connectivity index (χ4n) is 1.16. The van der Waals surface area contributed by atoms with E-state index < -0.39 is 0 Å². The van der Waals surface area contributed by atoms with Crippen LogP contribution in [0.25, 0.3) is 0 Å². The molecule has 1 rings (SSSR count). The molecule has 0 aliphatic rings. The van der Waals surface area contributed by atoms with Gasteiger partial charge in [-0.15, -0.1) is 0 Å². The summed E-state index contributed by atoms with van der Waals surface area (Å²) in [5.41, 5.74) is 6.72. The summed E-state index contributed by atoms with van der Waals surface area (Å²) in [5, 5.41) is 3.22. The monoisotopic (exact) mass is 242 g/mol. The predicted molar refractivity (Wildman–Crippen MR) is 65.6 cm³/mol. The summed E-state index contributed by atoms with van der Waals surface area (Å²) in [6.45, 7) is 2.89. The second kappa shape index (κ2) is 6.35. The minimum Gasteiger partial charge on any atom is -0.397 e. The van der Waals surface area contributed by atoms with Crippen LogP contribution in [0.4, 0.5) is 11.4 Å². The number of halogens is 1. The summed E-state index contributed by atoms with van der Waals surface area (Å²) in [6.07, 6.45) is 0.305. The first-order valence-corrected chi connectivity index (χ1v) is 5.44. The molecule has 4 nitrogen and oxygen atoms in total. The second-order valence-electron chi connectivity index (χ2n) is 3.23. The molecular formula is C11H15ClN2O2. The number of anilines is 2. The van der Waals surface area contributed by atoms with Crippen molar-refractivity contribution in [2.24, 2.45) is 0 Å². The number of carbonyl (C=O) groups excluding carboxylic acids is 1. The Labute approximate surface area is 99.7 Å². The summed E-state index contributed by atoms with van der Waals surface area (Å²) < 4.78 is 5.08. The smallest absolute Gasteiger partial charge is 0.226 e. The summed E-state index contributed by atoms with van der Waals surface area (Å²) >= 11 is 5.80. The topological polar surface area (TPSA) is 64.3 Å². The molecule has 1 amide bonds. The van der Waals surface area contributed by atoms with Crippen LogP contribution in [0.1, 0.15) is 13.3 Å². The van der Waals surface area contributed by atoms with Crippen molar-refractivity contribution in [2.45, 2.75) is 13.3 Å². The molecule has 0 unspecified atom stereocenters. The Morgan fingerprint density at radius 2 is 2.31 bits per heavy atom. The van der Waals surface area contributed by atoms with E-state index in [1.165, 1.54) is 0 Å².